The lowest BCUT2D eigenvalue weighted by Gasteiger charge is -2.31. The molecule has 0 amide bonds. The number of hydrogen-bond acceptors (Lipinski definition) is 3. The van der Waals surface area contributed by atoms with Gasteiger partial charge in [0.05, 0.1) is 12.1 Å². The van der Waals surface area contributed by atoms with Crippen LogP contribution < -0.4 is 5.32 Å². The van der Waals surface area contributed by atoms with E-state index in [1.807, 2.05) is 25.3 Å². The molecule has 0 unspecified atom stereocenters. The van der Waals surface area contributed by atoms with Crippen molar-refractivity contribution in [1.29, 1.82) is 0 Å². The third-order valence-electron chi connectivity index (χ3n) is 3.63. The number of aryl methyl sites for hydroxylation is 1. The van der Waals surface area contributed by atoms with Gasteiger partial charge in [-0.3, -0.25) is 4.98 Å². The summed E-state index contributed by atoms with van der Waals surface area (Å²) < 4.78 is 5.40. The molecule has 0 saturated carbocycles. The summed E-state index contributed by atoms with van der Waals surface area (Å²) in [5.41, 5.74) is 3.29. The van der Waals surface area contributed by atoms with E-state index in [9.17, 15) is 0 Å². The Labute approximate surface area is 121 Å². The van der Waals surface area contributed by atoms with Crippen molar-refractivity contribution in [2.75, 3.05) is 13.7 Å². The Morgan fingerprint density at radius 1 is 1.15 bits per heavy atom. The Hall–Kier alpha value is -1.71. The lowest BCUT2D eigenvalue weighted by atomic mass is 9.92. The highest BCUT2D eigenvalue weighted by atomic mass is 16.5. The number of nitrogens with zero attached hydrogens (tertiary/aromatic N) is 1. The molecule has 2 aromatic rings. The minimum absolute atomic E-state index is 0.210. The fourth-order valence-electron chi connectivity index (χ4n) is 2.33. The highest BCUT2D eigenvalue weighted by Crippen LogP contribution is 2.21. The standard InChI is InChI=1S/C17H22N2O/c1-14-15(8-7-11-18-14)12-19-17(2,13-20-3)16-9-5-4-6-10-16/h4-11,19H,12-13H2,1-3H3/t17-/m0/s1. The average Bonchev–Trinajstić information content (AvgIpc) is 2.48. The van der Waals surface area contributed by atoms with Gasteiger partial charge in [0.2, 0.25) is 0 Å². The molecule has 0 saturated heterocycles. The van der Waals surface area contributed by atoms with Crippen LogP contribution in [0.3, 0.4) is 0 Å². The zero-order valence-electron chi connectivity index (χ0n) is 12.4. The van der Waals surface area contributed by atoms with Crippen LogP contribution in [-0.4, -0.2) is 18.7 Å². The maximum Gasteiger partial charge on any atom is 0.0683 e. The van der Waals surface area contributed by atoms with Gasteiger partial charge in [-0.15, -0.1) is 0 Å². The number of nitrogens with one attached hydrogen (secondary N) is 1. The summed E-state index contributed by atoms with van der Waals surface area (Å²) in [6.07, 6.45) is 1.82. The van der Waals surface area contributed by atoms with Crippen LogP contribution in [0.2, 0.25) is 0 Å². The summed E-state index contributed by atoms with van der Waals surface area (Å²) in [6, 6.07) is 14.5. The minimum Gasteiger partial charge on any atom is -0.382 e. The topological polar surface area (TPSA) is 34.1 Å². The third-order valence-corrected chi connectivity index (χ3v) is 3.63. The number of hydrogen-bond donors (Lipinski definition) is 1. The first-order valence-electron chi connectivity index (χ1n) is 6.86. The van der Waals surface area contributed by atoms with Crippen molar-refractivity contribution in [2.45, 2.75) is 25.9 Å². The van der Waals surface area contributed by atoms with Gasteiger partial charge >= 0.3 is 0 Å². The van der Waals surface area contributed by atoms with E-state index in [1.165, 1.54) is 11.1 Å². The first-order chi connectivity index (χ1) is 9.65. The van der Waals surface area contributed by atoms with Gasteiger partial charge in [0.25, 0.3) is 0 Å². The molecule has 0 bridgehead atoms. The van der Waals surface area contributed by atoms with Gasteiger partial charge in [0, 0.05) is 25.5 Å². The molecule has 1 atom stereocenters. The molecular formula is C17H22N2O. The number of benzene rings is 1. The molecule has 1 aromatic heterocycles. The second kappa shape index (κ2) is 6.64. The van der Waals surface area contributed by atoms with Gasteiger partial charge in [-0.25, -0.2) is 0 Å². The minimum atomic E-state index is -0.210. The second-order valence-corrected chi connectivity index (χ2v) is 5.23. The SMILES string of the molecule is COC[C@](C)(NCc1cccnc1C)c1ccccc1. The predicted octanol–water partition coefficient (Wildman–Crippen LogP) is 3.04. The van der Waals surface area contributed by atoms with Gasteiger partial charge in [-0.2, -0.15) is 0 Å². The zero-order chi connectivity index (χ0) is 14.4. The highest BCUT2D eigenvalue weighted by Gasteiger charge is 2.25. The van der Waals surface area contributed by atoms with E-state index >= 15 is 0 Å². The Kier molecular flexibility index (Phi) is 4.88. The molecule has 0 aliphatic carbocycles. The van der Waals surface area contributed by atoms with Crippen LogP contribution in [0.5, 0.6) is 0 Å². The summed E-state index contributed by atoms with van der Waals surface area (Å²) in [6.45, 7) is 5.59. The van der Waals surface area contributed by atoms with Crippen LogP contribution in [0.25, 0.3) is 0 Å². The van der Waals surface area contributed by atoms with Gasteiger partial charge in [-0.1, -0.05) is 36.4 Å². The van der Waals surface area contributed by atoms with E-state index in [0.29, 0.717) is 6.61 Å². The monoisotopic (exact) mass is 270 g/mol. The van der Waals surface area contributed by atoms with Crippen molar-refractivity contribution >= 4 is 0 Å². The van der Waals surface area contributed by atoms with Crippen molar-refractivity contribution in [3.8, 4) is 0 Å². The van der Waals surface area contributed by atoms with E-state index in [2.05, 4.69) is 47.6 Å². The van der Waals surface area contributed by atoms with Gasteiger partial charge in [0.15, 0.2) is 0 Å². The molecule has 20 heavy (non-hydrogen) atoms. The van der Waals surface area contributed by atoms with Crippen molar-refractivity contribution in [2.24, 2.45) is 0 Å². The Bertz CT molecular complexity index is 542. The van der Waals surface area contributed by atoms with Crippen molar-refractivity contribution in [3.63, 3.8) is 0 Å². The van der Waals surface area contributed by atoms with E-state index in [-0.39, 0.29) is 5.54 Å². The molecule has 0 fully saturated rings. The molecule has 2 rings (SSSR count). The quantitative estimate of drug-likeness (QED) is 0.876. The van der Waals surface area contributed by atoms with Crippen LogP contribution in [0.4, 0.5) is 0 Å². The first kappa shape index (κ1) is 14.7. The fraction of sp³-hybridized carbons (Fsp3) is 0.353. The molecule has 0 aliphatic heterocycles. The van der Waals surface area contributed by atoms with E-state index in [4.69, 9.17) is 4.74 Å². The summed E-state index contributed by atoms with van der Waals surface area (Å²) in [4.78, 5) is 4.33. The van der Waals surface area contributed by atoms with Gasteiger partial charge in [0.1, 0.15) is 0 Å². The van der Waals surface area contributed by atoms with Crippen LogP contribution in [0.1, 0.15) is 23.7 Å². The smallest absolute Gasteiger partial charge is 0.0683 e. The van der Waals surface area contributed by atoms with Crippen LogP contribution in [-0.2, 0) is 16.8 Å². The maximum atomic E-state index is 5.40. The number of aromatic nitrogens is 1. The zero-order valence-corrected chi connectivity index (χ0v) is 12.4. The van der Waals surface area contributed by atoms with Crippen LogP contribution >= 0.6 is 0 Å². The molecular weight excluding hydrogens is 248 g/mol. The average molecular weight is 270 g/mol. The van der Waals surface area contributed by atoms with Gasteiger partial charge < -0.3 is 10.1 Å². The predicted molar refractivity (Wildman–Crippen MR) is 81.5 cm³/mol. The van der Waals surface area contributed by atoms with E-state index in [1.54, 1.807) is 7.11 Å². The molecule has 0 aliphatic rings. The number of ether oxygens (including phenoxy) is 1. The number of methoxy groups -OCH3 is 1. The lowest BCUT2D eigenvalue weighted by Crippen LogP contribution is -2.43. The fourth-order valence-corrected chi connectivity index (χ4v) is 2.33. The van der Waals surface area contributed by atoms with Crippen molar-refractivity contribution in [1.82, 2.24) is 10.3 Å². The Morgan fingerprint density at radius 2 is 1.90 bits per heavy atom. The molecule has 1 heterocycles. The largest absolute Gasteiger partial charge is 0.382 e. The van der Waals surface area contributed by atoms with E-state index in [0.717, 1.165) is 12.2 Å². The molecule has 0 radical (unpaired) electrons. The van der Waals surface area contributed by atoms with Gasteiger partial charge in [-0.05, 0) is 31.0 Å². The lowest BCUT2D eigenvalue weighted by molar-refractivity contribution is 0.117. The maximum absolute atomic E-state index is 5.40. The van der Waals surface area contributed by atoms with Crippen molar-refractivity contribution < 1.29 is 4.74 Å². The summed E-state index contributed by atoms with van der Waals surface area (Å²) in [5, 5.41) is 3.61. The molecule has 1 aromatic carbocycles. The second-order valence-electron chi connectivity index (χ2n) is 5.23. The molecule has 1 N–H and O–H groups in total. The Morgan fingerprint density at radius 3 is 2.55 bits per heavy atom. The highest BCUT2D eigenvalue weighted by molar-refractivity contribution is 5.25. The molecule has 3 nitrogen and oxygen atoms in total. The summed E-state index contributed by atoms with van der Waals surface area (Å²) >= 11 is 0. The first-order valence-corrected chi connectivity index (χ1v) is 6.86. The van der Waals surface area contributed by atoms with E-state index < -0.39 is 0 Å². The Balaban J connectivity index is 2.16. The molecule has 3 heteroatoms. The number of pyridine rings is 1. The summed E-state index contributed by atoms with van der Waals surface area (Å²) in [5.74, 6) is 0. The normalized spacial score (nSPS) is 13.9. The summed E-state index contributed by atoms with van der Waals surface area (Å²) in [7, 11) is 1.73. The van der Waals surface area contributed by atoms with Crippen LogP contribution in [0.15, 0.2) is 48.7 Å². The molecule has 106 valence electrons. The van der Waals surface area contributed by atoms with Crippen molar-refractivity contribution in [3.05, 3.63) is 65.5 Å². The molecule has 0 spiro atoms. The van der Waals surface area contributed by atoms with Crippen LogP contribution in [0, 0.1) is 6.92 Å². The third kappa shape index (κ3) is 3.44. The number of rotatable bonds is 6.